The number of imidazole rings is 1. The van der Waals surface area contributed by atoms with Crippen molar-refractivity contribution in [1.82, 2.24) is 19.5 Å². The van der Waals surface area contributed by atoms with Gasteiger partial charge in [0, 0.05) is 22.7 Å². The largest absolute Gasteiger partial charge is 0.382 e. The van der Waals surface area contributed by atoms with Crippen LogP contribution in [-0.2, 0) is 22.0 Å². The van der Waals surface area contributed by atoms with Crippen LogP contribution < -0.4 is 11.4 Å². The third-order valence-electron chi connectivity index (χ3n) is 4.69. The van der Waals surface area contributed by atoms with Crippen molar-refractivity contribution in [3.63, 3.8) is 0 Å². The van der Waals surface area contributed by atoms with Crippen molar-refractivity contribution in [2.45, 2.75) is 25.0 Å². The number of H-pyrrole nitrogens is 1. The van der Waals surface area contributed by atoms with E-state index in [4.69, 9.17) is 5.73 Å². The Kier molecular flexibility index (Phi) is 6.04. The Hall–Kier alpha value is -3.92. The van der Waals surface area contributed by atoms with Crippen LogP contribution in [0.15, 0.2) is 75.0 Å². The van der Waals surface area contributed by atoms with Gasteiger partial charge in [-0.15, -0.1) is 0 Å². The summed E-state index contributed by atoms with van der Waals surface area (Å²) in [5, 5.41) is -0.299. The molecule has 3 N–H and O–H groups in total. The number of carbonyl (C=O) groups excluding carboxylic acids is 2. The number of hydrogen-bond acceptors (Lipinski definition) is 6. The Morgan fingerprint density at radius 1 is 1.06 bits per heavy atom. The number of nitrogens with two attached hydrogens (primary N) is 1. The highest BCUT2D eigenvalue weighted by atomic mass is 32.2. The fourth-order valence-electron chi connectivity index (χ4n) is 3.08. The van der Waals surface area contributed by atoms with Crippen molar-refractivity contribution >= 4 is 38.7 Å². The zero-order valence-electron chi connectivity index (χ0n) is 17.2. The first-order valence-electron chi connectivity index (χ1n) is 9.86. The summed E-state index contributed by atoms with van der Waals surface area (Å²) in [5.41, 5.74) is 7.46. The third-order valence-corrected chi connectivity index (χ3v) is 6.28. The molecule has 0 bridgehead atoms. The predicted octanol–water partition coefficient (Wildman–Crippen LogP) is 2.69. The second-order valence-electron chi connectivity index (χ2n) is 6.86. The van der Waals surface area contributed by atoms with Gasteiger partial charge in [0.25, 0.3) is 5.91 Å². The highest BCUT2D eigenvalue weighted by Crippen LogP contribution is 2.19. The first-order chi connectivity index (χ1) is 15.5. The Bertz CT molecular complexity index is 1390. The zero-order chi connectivity index (χ0) is 22.7. The van der Waals surface area contributed by atoms with Gasteiger partial charge in [-0.05, 0) is 17.7 Å². The highest BCUT2D eigenvalue weighted by Gasteiger charge is 2.21. The standard InChI is InChI=1S/C22H20N6O3S/c1-2-16(29)32(27-20(30)15-11-7-4-8-12-15)21-25-18(23)17-19(26-21)28(22(31)24-17)13-14-9-5-3-6-10-14/h3-12H,2,13H2,1H3,(H,24,31)(H2,23,25,26). The number of nitrogen functional groups attached to an aromatic ring is 1. The van der Waals surface area contributed by atoms with E-state index >= 15 is 0 Å². The maximum atomic E-state index is 12.7. The van der Waals surface area contributed by atoms with Crippen LogP contribution in [0.25, 0.3) is 11.2 Å². The summed E-state index contributed by atoms with van der Waals surface area (Å²) < 4.78 is 5.54. The van der Waals surface area contributed by atoms with E-state index in [1.165, 1.54) is 4.57 Å². The molecule has 1 unspecified atom stereocenters. The lowest BCUT2D eigenvalue weighted by Gasteiger charge is -2.08. The van der Waals surface area contributed by atoms with Crippen molar-refractivity contribution in [3.05, 3.63) is 82.3 Å². The molecule has 9 nitrogen and oxygen atoms in total. The minimum Gasteiger partial charge on any atom is -0.382 e. The second kappa shape index (κ2) is 9.06. The minimum atomic E-state index is -1.57. The number of fused-ring (bicyclic) bond motifs is 1. The average Bonchev–Trinajstić information content (AvgIpc) is 3.13. The van der Waals surface area contributed by atoms with E-state index in [0.29, 0.717) is 5.56 Å². The van der Waals surface area contributed by atoms with Gasteiger partial charge >= 0.3 is 5.69 Å². The van der Waals surface area contributed by atoms with Gasteiger partial charge in [-0.2, -0.15) is 4.36 Å². The number of aromatic amines is 1. The molecule has 0 aliphatic rings. The van der Waals surface area contributed by atoms with Gasteiger partial charge in [-0.25, -0.2) is 14.8 Å². The number of aromatic nitrogens is 4. The summed E-state index contributed by atoms with van der Waals surface area (Å²) in [5.74, 6) is -0.536. The lowest BCUT2D eigenvalue weighted by Crippen LogP contribution is -2.18. The second-order valence-corrected chi connectivity index (χ2v) is 8.44. The number of rotatable bonds is 5. The maximum Gasteiger partial charge on any atom is 0.328 e. The third kappa shape index (κ3) is 4.26. The van der Waals surface area contributed by atoms with E-state index in [-0.39, 0.29) is 40.2 Å². The van der Waals surface area contributed by atoms with E-state index < -0.39 is 22.3 Å². The molecule has 10 heteroatoms. The van der Waals surface area contributed by atoms with Crippen LogP contribution in [0.1, 0.15) is 29.3 Å². The van der Waals surface area contributed by atoms with E-state index in [2.05, 4.69) is 19.3 Å². The molecule has 0 saturated carbocycles. The molecule has 0 fully saturated rings. The summed E-state index contributed by atoms with van der Waals surface area (Å²) in [4.78, 5) is 49.2. The Labute approximate surface area is 185 Å². The van der Waals surface area contributed by atoms with E-state index in [1.807, 2.05) is 30.3 Å². The van der Waals surface area contributed by atoms with E-state index in [1.54, 1.807) is 37.3 Å². The van der Waals surface area contributed by atoms with E-state index in [9.17, 15) is 14.4 Å². The number of anilines is 1. The van der Waals surface area contributed by atoms with Gasteiger partial charge in [0.05, 0.1) is 6.54 Å². The number of hydrogen-bond donors (Lipinski definition) is 2. The van der Waals surface area contributed by atoms with Crippen molar-refractivity contribution < 1.29 is 9.59 Å². The molecule has 2 heterocycles. The molecule has 0 saturated heterocycles. The first kappa shape index (κ1) is 21.3. The lowest BCUT2D eigenvalue weighted by atomic mass is 10.2. The normalized spacial score (nSPS) is 12.2. The van der Waals surface area contributed by atoms with Crippen molar-refractivity contribution in [3.8, 4) is 0 Å². The molecular formula is C22H20N6O3S. The summed E-state index contributed by atoms with van der Waals surface area (Å²) in [6, 6.07) is 17.8. The Morgan fingerprint density at radius 2 is 1.72 bits per heavy atom. The van der Waals surface area contributed by atoms with Crippen LogP contribution in [0.4, 0.5) is 5.82 Å². The van der Waals surface area contributed by atoms with Crippen molar-refractivity contribution in [2.24, 2.45) is 4.36 Å². The van der Waals surface area contributed by atoms with Crippen molar-refractivity contribution in [2.75, 3.05) is 5.73 Å². The first-order valence-corrected chi connectivity index (χ1v) is 11.0. The molecule has 2 aromatic heterocycles. The molecule has 4 rings (SSSR count). The molecule has 1 atom stereocenters. The highest BCUT2D eigenvalue weighted by molar-refractivity contribution is 8.02. The molecule has 0 aliphatic heterocycles. The van der Waals surface area contributed by atoms with Crippen LogP contribution in [0.3, 0.4) is 0 Å². The molecule has 0 radical (unpaired) electrons. The fourth-order valence-corrected chi connectivity index (χ4v) is 4.37. The number of nitrogens with zero attached hydrogens (tertiary/aromatic N) is 4. The average molecular weight is 449 g/mol. The van der Waals surface area contributed by atoms with Gasteiger partial charge in [0.1, 0.15) is 5.52 Å². The predicted molar refractivity (Wildman–Crippen MR) is 122 cm³/mol. The summed E-state index contributed by atoms with van der Waals surface area (Å²) in [7, 11) is -1.57. The lowest BCUT2D eigenvalue weighted by molar-refractivity contribution is -0.110. The Balaban J connectivity index is 1.85. The van der Waals surface area contributed by atoms with Gasteiger partial charge in [-0.1, -0.05) is 55.5 Å². The minimum absolute atomic E-state index is 0.00643. The van der Waals surface area contributed by atoms with Crippen LogP contribution in [-0.4, -0.2) is 30.5 Å². The zero-order valence-corrected chi connectivity index (χ0v) is 18.0. The number of benzene rings is 2. The topological polar surface area (TPSA) is 136 Å². The molecule has 0 spiro atoms. The fraction of sp³-hybridized carbons (Fsp3) is 0.136. The maximum absolute atomic E-state index is 12.7. The van der Waals surface area contributed by atoms with Gasteiger partial charge in [-0.3, -0.25) is 14.2 Å². The van der Waals surface area contributed by atoms with Crippen LogP contribution in [0, 0.1) is 0 Å². The number of amides is 1. The molecule has 2 aromatic carbocycles. The van der Waals surface area contributed by atoms with Gasteiger partial charge in [0.15, 0.2) is 11.5 Å². The molecule has 0 aliphatic carbocycles. The monoisotopic (exact) mass is 448 g/mol. The Morgan fingerprint density at radius 3 is 2.38 bits per heavy atom. The van der Waals surface area contributed by atoms with Crippen LogP contribution in [0.5, 0.6) is 0 Å². The number of carbonyl (C=O) groups is 2. The summed E-state index contributed by atoms with van der Waals surface area (Å²) in [6.45, 7) is 1.93. The van der Waals surface area contributed by atoms with Crippen molar-refractivity contribution in [1.29, 1.82) is 0 Å². The van der Waals surface area contributed by atoms with E-state index in [0.717, 1.165) is 5.56 Å². The number of nitrogens with one attached hydrogen (secondary N) is 1. The van der Waals surface area contributed by atoms with Crippen LogP contribution >= 0.6 is 0 Å². The summed E-state index contributed by atoms with van der Waals surface area (Å²) >= 11 is 0. The molecular weight excluding hydrogens is 428 g/mol. The van der Waals surface area contributed by atoms with Gasteiger partial charge < -0.3 is 10.7 Å². The van der Waals surface area contributed by atoms with Gasteiger partial charge in [0.2, 0.25) is 10.3 Å². The van der Waals surface area contributed by atoms with Crippen LogP contribution in [0.2, 0.25) is 0 Å². The molecule has 162 valence electrons. The molecule has 4 aromatic rings. The molecule has 1 amide bonds. The summed E-state index contributed by atoms with van der Waals surface area (Å²) in [6.07, 6.45) is 0.139. The molecule has 32 heavy (non-hydrogen) atoms. The SMILES string of the molecule is CCC(=O)S(=NC(=O)c1ccccc1)c1nc(N)c2[nH]c(=O)n(Cc3ccccc3)c2n1. The smallest absolute Gasteiger partial charge is 0.328 e. The quantitative estimate of drug-likeness (QED) is 0.451.